The van der Waals surface area contributed by atoms with Gasteiger partial charge in [-0.05, 0) is 42.3 Å². The minimum absolute atomic E-state index is 0.215. The average molecular weight is 315 g/mol. The van der Waals surface area contributed by atoms with Gasteiger partial charge in [0.2, 0.25) is 0 Å². The molecule has 0 saturated carbocycles. The molecule has 2 aromatic rings. The first-order valence-electron chi connectivity index (χ1n) is 6.33. The monoisotopic (exact) mass is 314 g/mol. The van der Waals surface area contributed by atoms with Crippen LogP contribution in [0.4, 0.5) is 13.2 Å². The van der Waals surface area contributed by atoms with Gasteiger partial charge in [-0.2, -0.15) is 13.2 Å². The third-order valence-electron chi connectivity index (χ3n) is 3.30. The highest BCUT2D eigenvalue weighted by Gasteiger charge is 2.30. The molecule has 0 aromatic heterocycles. The van der Waals surface area contributed by atoms with Crippen LogP contribution in [0.5, 0.6) is 0 Å². The molecule has 1 N–H and O–H groups in total. The lowest BCUT2D eigenvalue weighted by molar-refractivity contribution is -0.137. The van der Waals surface area contributed by atoms with Crippen molar-refractivity contribution in [2.75, 3.05) is 0 Å². The van der Waals surface area contributed by atoms with E-state index in [9.17, 15) is 18.3 Å². The first-order chi connectivity index (χ1) is 9.68. The summed E-state index contributed by atoms with van der Waals surface area (Å²) in [5, 5.41) is 11.1. The topological polar surface area (TPSA) is 20.2 Å². The van der Waals surface area contributed by atoms with Crippen LogP contribution in [-0.4, -0.2) is 5.11 Å². The minimum atomic E-state index is -4.35. The fourth-order valence-electron chi connectivity index (χ4n) is 2.12. The highest BCUT2D eigenvalue weighted by atomic mass is 35.5. The zero-order valence-corrected chi connectivity index (χ0v) is 12.0. The van der Waals surface area contributed by atoms with Crippen LogP contribution < -0.4 is 0 Å². The predicted molar refractivity (Wildman–Crippen MR) is 76.2 cm³/mol. The quantitative estimate of drug-likeness (QED) is 0.862. The molecule has 0 spiro atoms. The Balaban J connectivity index is 2.18. The summed E-state index contributed by atoms with van der Waals surface area (Å²) >= 11 is 5.79. The van der Waals surface area contributed by atoms with E-state index in [4.69, 9.17) is 11.6 Å². The molecule has 2 aromatic carbocycles. The van der Waals surface area contributed by atoms with E-state index in [-0.39, 0.29) is 6.42 Å². The number of hydrogen-bond donors (Lipinski definition) is 1. The van der Waals surface area contributed by atoms with Gasteiger partial charge in [0.15, 0.2) is 0 Å². The third kappa shape index (κ3) is 3.99. The van der Waals surface area contributed by atoms with Crippen molar-refractivity contribution < 1.29 is 18.3 Å². The number of alkyl halides is 3. The molecule has 0 aliphatic rings. The summed E-state index contributed by atoms with van der Waals surface area (Å²) in [7, 11) is 0. The van der Waals surface area contributed by atoms with Gasteiger partial charge in [0.05, 0.1) is 11.2 Å². The molecular formula is C16H14ClF3O. The summed E-state index contributed by atoms with van der Waals surface area (Å²) in [6.07, 6.45) is -4.13. The molecule has 0 saturated heterocycles. The second-order valence-electron chi connectivity index (χ2n) is 5.15. The number of aliphatic hydroxyl groups is 1. The Morgan fingerprint density at radius 3 is 1.86 bits per heavy atom. The molecule has 5 heteroatoms. The fraction of sp³-hybridized carbons (Fsp3) is 0.250. The van der Waals surface area contributed by atoms with E-state index >= 15 is 0 Å². The molecule has 2 rings (SSSR count). The maximum Gasteiger partial charge on any atom is 0.416 e. The largest absolute Gasteiger partial charge is 0.416 e. The van der Waals surface area contributed by atoms with Crippen molar-refractivity contribution >= 4 is 11.6 Å². The Morgan fingerprint density at radius 2 is 1.38 bits per heavy atom. The lowest BCUT2D eigenvalue weighted by atomic mass is 9.89. The first kappa shape index (κ1) is 15.9. The fourth-order valence-corrected chi connectivity index (χ4v) is 2.25. The smallest absolute Gasteiger partial charge is 0.385 e. The SMILES string of the molecule is CC(O)(Cc1ccc(C(F)(F)F)cc1)c1ccc(Cl)cc1. The van der Waals surface area contributed by atoms with Crippen LogP contribution in [0.2, 0.25) is 5.02 Å². The summed E-state index contributed by atoms with van der Waals surface area (Å²) in [5.74, 6) is 0. The van der Waals surface area contributed by atoms with E-state index in [1.54, 1.807) is 31.2 Å². The second kappa shape index (κ2) is 5.70. The molecule has 0 aliphatic heterocycles. The first-order valence-corrected chi connectivity index (χ1v) is 6.71. The minimum Gasteiger partial charge on any atom is -0.385 e. The van der Waals surface area contributed by atoms with Gasteiger partial charge in [-0.25, -0.2) is 0 Å². The van der Waals surface area contributed by atoms with Crippen LogP contribution in [0.25, 0.3) is 0 Å². The van der Waals surface area contributed by atoms with Gasteiger partial charge in [0, 0.05) is 11.4 Å². The Hall–Kier alpha value is -1.52. The van der Waals surface area contributed by atoms with Crippen LogP contribution in [0.15, 0.2) is 48.5 Å². The molecule has 1 atom stereocenters. The molecule has 0 aliphatic carbocycles. The molecule has 0 radical (unpaired) electrons. The summed E-state index contributed by atoms with van der Waals surface area (Å²) in [4.78, 5) is 0. The van der Waals surface area contributed by atoms with Gasteiger partial charge in [0.1, 0.15) is 0 Å². The van der Waals surface area contributed by atoms with E-state index in [0.29, 0.717) is 16.1 Å². The van der Waals surface area contributed by atoms with Crippen molar-refractivity contribution in [2.24, 2.45) is 0 Å². The zero-order chi connectivity index (χ0) is 15.7. The van der Waals surface area contributed by atoms with Crippen LogP contribution in [0, 0.1) is 0 Å². The Labute approximate surface area is 126 Å². The van der Waals surface area contributed by atoms with E-state index in [2.05, 4.69) is 0 Å². The summed E-state index contributed by atoms with van der Waals surface area (Å²) < 4.78 is 37.5. The Kier molecular flexibility index (Phi) is 4.30. The molecule has 0 heterocycles. The van der Waals surface area contributed by atoms with Gasteiger partial charge < -0.3 is 5.11 Å². The van der Waals surface area contributed by atoms with Crippen molar-refractivity contribution in [2.45, 2.75) is 25.1 Å². The number of hydrogen-bond acceptors (Lipinski definition) is 1. The van der Waals surface area contributed by atoms with E-state index in [0.717, 1.165) is 12.1 Å². The van der Waals surface area contributed by atoms with Gasteiger partial charge in [0.25, 0.3) is 0 Å². The van der Waals surface area contributed by atoms with Crippen LogP contribution >= 0.6 is 11.6 Å². The van der Waals surface area contributed by atoms with Crippen molar-refractivity contribution in [3.8, 4) is 0 Å². The Bertz CT molecular complexity index is 601. The molecule has 1 unspecified atom stereocenters. The highest BCUT2D eigenvalue weighted by molar-refractivity contribution is 6.30. The standard InChI is InChI=1S/C16H14ClF3O/c1-15(21,12-6-8-14(17)9-7-12)10-11-2-4-13(5-3-11)16(18,19)20/h2-9,21H,10H2,1H3. The lowest BCUT2D eigenvalue weighted by Gasteiger charge is -2.24. The van der Waals surface area contributed by atoms with E-state index < -0.39 is 17.3 Å². The molecule has 112 valence electrons. The lowest BCUT2D eigenvalue weighted by Crippen LogP contribution is -2.24. The van der Waals surface area contributed by atoms with Gasteiger partial charge in [-0.15, -0.1) is 0 Å². The normalized spacial score (nSPS) is 14.8. The van der Waals surface area contributed by atoms with E-state index in [1.807, 2.05) is 0 Å². The zero-order valence-electron chi connectivity index (χ0n) is 11.3. The summed E-state index contributed by atoms with van der Waals surface area (Å²) in [6.45, 7) is 1.62. The molecular weight excluding hydrogens is 301 g/mol. The van der Waals surface area contributed by atoms with Gasteiger partial charge in [-0.3, -0.25) is 0 Å². The second-order valence-corrected chi connectivity index (χ2v) is 5.59. The molecule has 0 fully saturated rings. The average Bonchev–Trinajstić information content (AvgIpc) is 2.38. The van der Waals surface area contributed by atoms with Gasteiger partial charge >= 0.3 is 6.18 Å². The van der Waals surface area contributed by atoms with Crippen molar-refractivity contribution in [3.63, 3.8) is 0 Å². The van der Waals surface area contributed by atoms with Crippen molar-refractivity contribution in [3.05, 3.63) is 70.2 Å². The van der Waals surface area contributed by atoms with Crippen molar-refractivity contribution in [1.29, 1.82) is 0 Å². The number of benzene rings is 2. The summed E-state index contributed by atoms with van der Waals surface area (Å²) in [5.41, 5.74) is -0.586. The molecule has 0 bridgehead atoms. The van der Waals surface area contributed by atoms with Crippen LogP contribution in [0.1, 0.15) is 23.6 Å². The molecule has 0 amide bonds. The predicted octanol–water partition coefficient (Wildman–Crippen LogP) is 4.81. The molecule has 1 nitrogen and oxygen atoms in total. The third-order valence-corrected chi connectivity index (χ3v) is 3.55. The van der Waals surface area contributed by atoms with Gasteiger partial charge in [-0.1, -0.05) is 35.9 Å². The van der Waals surface area contributed by atoms with Crippen LogP contribution in [-0.2, 0) is 18.2 Å². The van der Waals surface area contributed by atoms with Crippen LogP contribution in [0.3, 0.4) is 0 Å². The summed E-state index contributed by atoms with van der Waals surface area (Å²) in [6, 6.07) is 11.5. The maximum atomic E-state index is 12.5. The van der Waals surface area contributed by atoms with E-state index in [1.165, 1.54) is 12.1 Å². The molecule has 21 heavy (non-hydrogen) atoms. The number of halogens is 4. The highest BCUT2D eigenvalue weighted by Crippen LogP contribution is 2.31. The van der Waals surface area contributed by atoms with Crippen molar-refractivity contribution in [1.82, 2.24) is 0 Å². The Morgan fingerprint density at radius 1 is 0.905 bits per heavy atom. The number of rotatable bonds is 3. The maximum absolute atomic E-state index is 12.5.